The highest BCUT2D eigenvalue weighted by molar-refractivity contribution is 6.31. The van der Waals surface area contributed by atoms with Crippen LogP contribution in [0.1, 0.15) is 29.2 Å². The lowest BCUT2D eigenvalue weighted by atomic mass is 9.96. The Morgan fingerprint density at radius 1 is 1.24 bits per heavy atom. The molecule has 0 saturated carbocycles. The van der Waals surface area contributed by atoms with Gasteiger partial charge in [-0.3, -0.25) is 0 Å². The number of halogens is 4. The average Bonchev–Trinajstić information content (AvgIpc) is 2.19. The summed E-state index contributed by atoms with van der Waals surface area (Å²) in [6.07, 6.45) is -5.07. The Balaban J connectivity index is 3.08. The van der Waals surface area contributed by atoms with Gasteiger partial charge in [-0.15, -0.1) is 0 Å². The second-order valence-corrected chi connectivity index (χ2v) is 4.53. The minimum Gasteiger partial charge on any atom is -0.313 e. The summed E-state index contributed by atoms with van der Waals surface area (Å²) < 4.78 is 37.3. The Bertz CT molecular complexity index is 401. The normalized spacial score (nSPS) is 13.8. The number of benzene rings is 1. The molecule has 0 amide bonds. The largest absolute Gasteiger partial charge is 0.390 e. The van der Waals surface area contributed by atoms with Crippen molar-refractivity contribution >= 4 is 11.6 Å². The van der Waals surface area contributed by atoms with Gasteiger partial charge in [0.1, 0.15) is 0 Å². The molecule has 0 radical (unpaired) electrons. The first-order valence-corrected chi connectivity index (χ1v) is 5.63. The average molecular weight is 266 g/mol. The van der Waals surface area contributed by atoms with Crippen LogP contribution in [-0.4, -0.2) is 13.2 Å². The predicted molar refractivity (Wildman–Crippen MR) is 63.4 cm³/mol. The molecular weight excluding hydrogens is 251 g/mol. The van der Waals surface area contributed by atoms with Crippen LogP contribution in [0.3, 0.4) is 0 Å². The number of nitrogens with one attached hydrogen (secondary N) is 1. The summed E-state index contributed by atoms with van der Waals surface area (Å²) in [5.41, 5.74) is 2.20. The highest BCUT2D eigenvalue weighted by Crippen LogP contribution is 2.32. The van der Waals surface area contributed by atoms with Gasteiger partial charge in [0, 0.05) is 11.1 Å². The minimum atomic E-state index is -4.19. The molecule has 1 rings (SSSR count). The summed E-state index contributed by atoms with van der Waals surface area (Å²) in [5.74, 6) is 0. The molecule has 1 unspecified atom stereocenters. The van der Waals surface area contributed by atoms with Gasteiger partial charge in [-0.1, -0.05) is 17.7 Å². The van der Waals surface area contributed by atoms with Gasteiger partial charge < -0.3 is 5.32 Å². The SMILES string of the molecule is CNC(CC(F)(F)F)c1cc(C)c(Cl)cc1C. The van der Waals surface area contributed by atoms with E-state index in [0.29, 0.717) is 10.6 Å². The maximum Gasteiger partial charge on any atom is 0.390 e. The van der Waals surface area contributed by atoms with E-state index in [-0.39, 0.29) is 0 Å². The van der Waals surface area contributed by atoms with Gasteiger partial charge in [0.05, 0.1) is 6.42 Å². The third kappa shape index (κ3) is 3.89. The van der Waals surface area contributed by atoms with Crippen molar-refractivity contribution in [3.8, 4) is 0 Å². The smallest absolute Gasteiger partial charge is 0.313 e. The zero-order valence-corrected chi connectivity index (χ0v) is 10.7. The van der Waals surface area contributed by atoms with E-state index in [1.807, 2.05) is 0 Å². The quantitative estimate of drug-likeness (QED) is 0.865. The van der Waals surface area contributed by atoms with E-state index in [4.69, 9.17) is 11.6 Å². The van der Waals surface area contributed by atoms with Crippen molar-refractivity contribution in [1.82, 2.24) is 5.32 Å². The predicted octanol–water partition coefficient (Wildman–Crippen LogP) is 4.17. The molecule has 0 aromatic heterocycles. The molecule has 96 valence electrons. The van der Waals surface area contributed by atoms with Gasteiger partial charge in [0.15, 0.2) is 0 Å². The maximum atomic E-state index is 12.4. The highest BCUT2D eigenvalue weighted by atomic mass is 35.5. The zero-order chi connectivity index (χ0) is 13.2. The summed E-state index contributed by atoms with van der Waals surface area (Å²) in [7, 11) is 1.53. The van der Waals surface area contributed by atoms with E-state index in [2.05, 4.69) is 5.32 Å². The first kappa shape index (κ1) is 14.3. The first-order chi connectivity index (χ1) is 7.74. The number of hydrogen-bond donors (Lipinski definition) is 1. The fourth-order valence-corrected chi connectivity index (χ4v) is 2.00. The molecule has 0 heterocycles. The highest BCUT2D eigenvalue weighted by Gasteiger charge is 2.32. The van der Waals surface area contributed by atoms with Crippen molar-refractivity contribution in [3.63, 3.8) is 0 Å². The van der Waals surface area contributed by atoms with E-state index in [1.54, 1.807) is 26.0 Å². The van der Waals surface area contributed by atoms with Crippen LogP contribution >= 0.6 is 11.6 Å². The second kappa shape index (κ2) is 5.27. The molecule has 0 fully saturated rings. The van der Waals surface area contributed by atoms with E-state index in [9.17, 15) is 13.2 Å². The lowest BCUT2D eigenvalue weighted by Gasteiger charge is -2.21. The van der Waals surface area contributed by atoms with Gasteiger partial charge >= 0.3 is 6.18 Å². The minimum absolute atomic E-state index is 0.577. The second-order valence-electron chi connectivity index (χ2n) is 4.12. The molecule has 17 heavy (non-hydrogen) atoms. The molecule has 5 heteroatoms. The van der Waals surface area contributed by atoms with Gasteiger partial charge in [0.2, 0.25) is 0 Å². The van der Waals surface area contributed by atoms with Crippen LogP contribution in [0.15, 0.2) is 12.1 Å². The van der Waals surface area contributed by atoms with E-state index in [0.717, 1.165) is 11.1 Å². The van der Waals surface area contributed by atoms with Crippen LogP contribution < -0.4 is 5.32 Å². The molecule has 1 aromatic carbocycles. The summed E-state index contributed by atoms with van der Waals surface area (Å²) >= 11 is 5.92. The molecule has 1 aromatic rings. The third-order valence-corrected chi connectivity index (χ3v) is 3.11. The Kier molecular flexibility index (Phi) is 4.44. The van der Waals surface area contributed by atoms with Crippen LogP contribution in [0.25, 0.3) is 0 Å². The van der Waals surface area contributed by atoms with Gasteiger partial charge in [-0.25, -0.2) is 0 Å². The van der Waals surface area contributed by atoms with Crippen molar-refractivity contribution < 1.29 is 13.2 Å². The fourth-order valence-electron chi connectivity index (χ4n) is 1.78. The van der Waals surface area contributed by atoms with Crippen LogP contribution in [0.4, 0.5) is 13.2 Å². The van der Waals surface area contributed by atoms with E-state index >= 15 is 0 Å². The molecule has 1 N–H and O–H groups in total. The van der Waals surface area contributed by atoms with Crippen LogP contribution in [0, 0.1) is 13.8 Å². The summed E-state index contributed by atoms with van der Waals surface area (Å²) in [6, 6.07) is 2.68. The van der Waals surface area contributed by atoms with Crippen LogP contribution in [-0.2, 0) is 0 Å². The molecule has 0 bridgehead atoms. The van der Waals surface area contributed by atoms with Gasteiger partial charge in [-0.05, 0) is 43.7 Å². The summed E-state index contributed by atoms with van der Waals surface area (Å²) in [4.78, 5) is 0. The van der Waals surface area contributed by atoms with Crippen molar-refractivity contribution in [2.24, 2.45) is 0 Å². The Labute approximate surface area is 104 Å². The van der Waals surface area contributed by atoms with Crippen LogP contribution in [0.2, 0.25) is 5.02 Å². The third-order valence-electron chi connectivity index (χ3n) is 2.71. The van der Waals surface area contributed by atoms with Gasteiger partial charge in [0.25, 0.3) is 0 Å². The molecule has 1 atom stereocenters. The fraction of sp³-hybridized carbons (Fsp3) is 0.500. The Morgan fingerprint density at radius 2 is 1.82 bits per heavy atom. The number of hydrogen-bond acceptors (Lipinski definition) is 1. The standard InChI is InChI=1S/C12H15ClF3N/c1-7-5-10(13)8(2)4-9(7)11(17-3)6-12(14,15)16/h4-5,11,17H,6H2,1-3H3. The summed E-state index contributed by atoms with van der Waals surface area (Å²) in [6.45, 7) is 3.55. The Hall–Kier alpha value is -0.740. The molecule has 0 aliphatic carbocycles. The number of aryl methyl sites for hydroxylation is 2. The number of alkyl halides is 3. The van der Waals surface area contributed by atoms with Crippen molar-refractivity contribution in [2.75, 3.05) is 7.05 Å². The van der Waals surface area contributed by atoms with Crippen molar-refractivity contribution in [3.05, 3.63) is 33.8 Å². The topological polar surface area (TPSA) is 12.0 Å². The molecule has 0 spiro atoms. The van der Waals surface area contributed by atoms with E-state index in [1.165, 1.54) is 7.05 Å². The van der Waals surface area contributed by atoms with Crippen molar-refractivity contribution in [2.45, 2.75) is 32.5 Å². The van der Waals surface area contributed by atoms with Gasteiger partial charge in [-0.2, -0.15) is 13.2 Å². The Morgan fingerprint density at radius 3 is 2.29 bits per heavy atom. The molecule has 0 aliphatic heterocycles. The van der Waals surface area contributed by atoms with Crippen molar-refractivity contribution in [1.29, 1.82) is 0 Å². The lowest BCUT2D eigenvalue weighted by molar-refractivity contribution is -0.140. The lowest BCUT2D eigenvalue weighted by Crippen LogP contribution is -2.24. The molecule has 0 aliphatic rings. The maximum absolute atomic E-state index is 12.4. The molecular formula is C12H15ClF3N. The van der Waals surface area contributed by atoms with E-state index < -0.39 is 18.6 Å². The molecule has 0 saturated heterocycles. The first-order valence-electron chi connectivity index (χ1n) is 5.25. The summed E-state index contributed by atoms with van der Waals surface area (Å²) in [5, 5.41) is 3.28. The zero-order valence-electron chi connectivity index (χ0n) is 9.95. The van der Waals surface area contributed by atoms with Crippen LogP contribution in [0.5, 0.6) is 0 Å². The monoisotopic (exact) mass is 265 g/mol. The number of rotatable bonds is 3. The molecule has 1 nitrogen and oxygen atoms in total.